The van der Waals surface area contributed by atoms with Crippen LogP contribution in [0.4, 0.5) is 17.1 Å². The SMILES string of the molecule is Cc1cccc(N=C=O)c1-n1c(=O)n(-c2c(C)cccc2N=C=O)c(=O)n(-c2c(C)cccc2N=C=O)c1=O. The van der Waals surface area contributed by atoms with Crippen LogP contribution in [0.2, 0.25) is 0 Å². The summed E-state index contributed by atoms with van der Waals surface area (Å²) in [6.07, 6.45) is 4.20. The van der Waals surface area contributed by atoms with Crippen LogP contribution in [0.25, 0.3) is 17.1 Å². The monoisotopic (exact) mass is 522 g/mol. The number of nitrogens with zero attached hydrogens (tertiary/aromatic N) is 6. The zero-order valence-corrected chi connectivity index (χ0v) is 20.8. The molecule has 0 amide bonds. The standard InChI is InChI=1S/C27H18N6O6/c1-16-7-4-10-19(28-13-34)22(16)31-25(37)32(23-17(2)8-5-11-20(23)29-14-35)27(39)33(26(31)38)24-18(3)9-6-12-21(24)30-15-36/h4-12H,1-3H3. The van der Waals surface area contributed by atoms with Crippen molar-refractivity contribution in [2.24, 2.45) is 15.0 Å². The highest BCUT2D eigenvalue weighted by Gasteiger charge is 2.26. The molecule has 0 saturated carbocycles. The van der Waals surface area contributed by atoms with Crippen molar-refractivity contribution in [3.8, 4) is 17.1 Å². The van der Waals surface area contributed by atoms with Gasteiger partial charge in [0.2, 0.25) is 18.2 Å². The molecule has 1 heterocycles. The van der Waals surface area contributed by atoms with Crippen molar-refractivity contribution in [2.75, 3.05) is 0 Å². The van der Waals surface area contributed by atoms with E-state index >= 15 is 0 Å². The van der Waals surface area contributed by atoms with Crippen LogP contribution in [0, 0.1) is 20.8 Å². The van der Waals surface area contributed by atoms with Gasteiger partial charge in [0.1, 0.15) is 17.1 Å². The van der Waals surface area contributed by atoms with Gasteiger partial charge in [-0.3, -0.25) is 0 Å². The highest BCUT2D eigenvalue weighted by Crippen LogP contribution is 2.28. The summed E-state index contributed by atoms with van der Waals surface area (Å²) in [6, 6.07) is 13.6. The number of aryl methyl sites for hydroxylation is 3. The number of carbonyl (C=O) groups excluding carboxylic acids is 3. The van der Waals surface area contributed by atoms with Crippen LogP contribution >= 0.6 is 0 Å². The molecule has 0 aliphatic carbocycles. The first-order chi connectivity index (χ1) is 18.8. The largest absolute Gasteiger partial charge is 0.345 e. The van der Waals surface area contributed by atoms with Crippen LogP contribution in [0.5, 0.6) is 0 Å². The summed E-state index contributed by atoms with van der Waals surface area (Å²) in [5.41, 5.74) is -2.69. The van der Waals surface area contributed by atoms with Crippen molar-refractivity contribution >= 4 is 35.3 Å². The van der Waals surface area contributed by atoms with Gasteiger partial charge in [-0.2, -0.15) is 15.0 Å². The van der Waals surface area contributed by atoms with E-state index in [1.165, 1.54) is 36.4 Å². The number of aliphatic imine (C=N–C) groups is 3. The topological polar surface area (TPSA) is 154 Å². The van der Waals surface area contributed by atoms with E-state index in [0.717, 1.165) is 0 Å². The summed E-state index contributed by atoms with van der Waals surface area (Å²) in [5, 5.41) is 0. The Labute approximate surface area is 219 Å². The molecule has 39 heavy (non-hydrogen) atoms. The lowest BCUT2D eigenvalue weighted by molar-refractivity contribution is 0.564. The first-order valence-corrected chi connectivity index (χ1v) is 11.3. The van der Waals surface area contributed by atoms with Crippen LogP contribution in [-0.2, 0) is 14.4 Å². The van der Waals surface area contributed by atoms with E-state index in [9.17, 15) is 28.8 Å². The fourth-order valence-electron chi connectivity index (χ4n) is 4.34. The highest BCUT2D eigenvalue weighted by atomic mass is 16.2. The van der Waals surface area contributed by atoms with Crippen LogP contribution in [0.15, 0.2) is 84.0 Å². The van der Waals surface area contributed by atoms with Gasteiger partial charge in [0, 0.05) is 0 Å². The first kappa shape index (κ1) is 26.3. The average Bonchev–Trinajstić information content (AvgIpc) is 2.89. The molecular formula is C27H18N6O6. The predicted octanol–water partition coefficient (Wildman–Crippen LogP) is 2.97. The molecule has 0 spiro atoms. The lowest BCUT2D eigenvalue weighted by Crippen LogP contribution is -2.53. The lowest BCUT2D eigenvalue weighted by atomic mass is 10.1. The molecule has 0 unspecified atom stereocenters. The molecule has 0 N–H and O–H groups in total. The number of aromatic nitrogens is 3. The minimum atomic E-state index is -1.12. The second kappa shape index (κ2) is 10.7. The molecule has 1 aromatic heterocycles. The molecule has 0 aliphatic heterocycles. The van der Waals surface area contributed by atoms with Crippen molar-refractivity contribution < 1.29 is 14.4 Å². The molecule has 4 aromatic rings. The number of rotatable bonds is 6. The fraction of sp³-hybridized carbons (Fsp3) is 0.111. The van der Waals surface area contributed by atoms with E-state index < -0.39 is 17.1 Å². The summed E-state index contributed by atoms with van der Waals surface area (Å²) in [5.74, 6) is 0. The van der Waals surface area contributed by atoms with Crippen molar-refractivity contribution in [2.45, 2.75) is 20.8 Å². The van der Waals surface area contributed by atoms with Gasteiger partial charge in [-0.15, -0.1) is 0 Å². The van der Waals surface area contributed by atoms with Crippen molar-refractivity contribution in [3.05, 3.63) is 103 Å². The summed E-state index contributed by atoms with van der Waals surface area (Å²) < 4.78 is 2.03. The van der Waals surface area contributed by atoms with E-state index in [2.05, 4.69) is 15.0 Å². The maximum absolute atomic E-state index is 14.1. The Kier molecular flexibility index (Phi) is 7.19. The second-order valence-corrected chi connectivity index (χ2v) is 8.29. The van der Waals surface area contributed by atoms with Crippen molar-refractivity contribution in [1.29, 1.82) is 0 Å². The Morgan fingerprint density at radius 3 is 0.974 bits per heavy atom. The predicted molar refractivity (Wildman–Crippen MR) is 141 cm³/mol. The highest BCUT2D eigenvalue weighted by molar-refractivity contribution is 5.68. The summed E-state index contributed by atoms with van der Waals surface area (Å²) in [4.78, 5) is 86.6. The molecule has 0 fully saturated rings. The summed E-state index contributed by atoms with van der Waals surface area (Å²) >= 11 is 0. The third kappa shape index (κ3) is 4.46. The van der Waals surface area contributed by atoms with Gasteiger partial charge >= 0.3 is 17.1 Å². The molecule has 192 valence electrons. The van der Waals surface area contributed by atoms with Crippen LogP contribution in [0.1, 0.15) is 16.7 Å². The second-order valence-electron chi connectivity index (χ2n) is 8.29. The van der Waals surface area contributed by atoms with Gasteiger partial charge in [0.05, 0.1) is 17.1 Å². The molecule has 3 aromatic carbocycles. The Morgan fingerprint density at radius 1 is 0.487 bits per heavy atom. The summed E-state index contributed by atoms with van der Waals surface area (Å²) in [7, 11) is 0. The van der Waals surface area contributed by atoms with Crippen LogP contribution < -0.4 is 17.1 Å². The fourth-order valence-corrected chi connectivity index (χ4v) is 4.34. The van der Waals surface area contributed by atoms with E-state index in [1.807, 2.05) is 0 Å². The molecule has 12 heteroatoms. The molecule has 12 nitrogen and oxygen atoms in total. The number of isocyanates is 3. The molecular weight excluding hydrogens is 504 g/mol. The zero-order chi connectivity index (χ0) is 28.3. The van der Waals surface area contributed by atoms with Gasteiger partial charge in [-0.05, 0) is 55.7 Å². The third-order valence-electron chi connectivity index (χ3n) is 5.97. The van der Waals surface area contributed by atoms with E-state index in [-0.39, 0.29) is 34.1 Å². The third-order valence-corrected chi connectivity index (χ3v) is 5.97. The number of hydrogen-bond donors (Lipinski definition) is 0. The van der Waals surface area contributed by atoms with Gasteiger partial charge < -0.3 is 0 Å². The maximum Gasteiger partial charge on any atom is 0.345 e. The molecule has 0 bridgehead atoms. The smallest absolute Gasteiger partial charge is 0.246 e. The van der Waals surface area contributed by atoms with E-state index in [1.54, 1.807) is 57.2 Å². The Morgan fingerprint density at radius 2 is 0.744 bits per heavy atom. The Bertz CT molecular complexity index is 1720. The number of hydrogen-bond acceptors (Lipinski definition) is 9. The molecule has 0 radical (unpaired) electrons. The lowest BCUT2D eigenvalue weighted by Gasteiger charge is -2.19. The number of benzene rings is 3. The minimum Gasteiger partial charge on any atom is -0.246 e. The zero-order valence-electron chi connectivity index (χ0n) is 20.8. The Hall–Kier alpha value is -5.79. The minimum absolute atomic E-state index is 0.0622. The van der Waals surface area contributed by atoms with Gasteiger partial charge in [-0.25, -0.2) is 42.5 Å². The van der Waals surface area contributed by atoms with Crippen LogP contribution in [-0.4, -0.2) is 31.9 Å². The van der Waals surface area contributed by atoms with Gasteiger partial charge in [0.15, 0.2) is 0 Å². The average molecular weight is 522 g/mol. The van der Waals surface area contributed by atoms with E-state index in [0.29, 0.717) is 30.4 Å². The van der Waals surface area contributed by atoms with Gasteiger partial charge in [-0.1, -0.05) is 36.4 Å². The normalized spacial score (nSPS) is 10.2. The first-order valence-electron chi connectivity index (χ1n) is 11.3. The van der Waals surface area contributed by atoms with E-state index in [4.69, 9.17) is 0 Å². The molecule has 0 saturated heterocycles. The molecule has 4 rings (SSSR count). The molecule has 0 aliphatic rings. The molecule has 0 atom stereocenters. The van der Waals surface area contributed by atoms with Crippen molar-refractivity contribution in [3.63, 3.8) is 0 Å². The van der Waals surface area contributed by atoms with Crippen molar-refractivity contribution in [1.82, 2.24) is 13.7 Å². The van der Waals surface area contributed by atoms with Gasteiger partial charge in [0.25, 0.3) is 0 Å². The number of para-hydroxylation sites is 3. The summed E-state index contributed by atoms with van der Waals surface area (Å²) in [6.45, 7) is 4.74. The Balaban J connectivity index is 2.38. The van der Waals surface area contributed by atoms with Crippen LogP contribution in [0.3, 0.4) is 0 Å². The quantitative estimate of drug-likeness (QED) is 0.280. The maximum atomic E-state index is 14.1.